The average Bonchev–Trinajstić information content (AvgIpc) is 2.72. The summed E-state index contributed by atoms with van der Waals surface area (Å²) in [6.07, 6.45) is 2.80. The van der Waals surface area contributed by atoms with Crippen LogP contribution in [-0.4, -0.2) is 29.6 Å². The third-order valence-electron chi connectivity index (χ3n) is 4.05. The van der Waals surface area contributed by atoms with Crippen LogP contribution in [0.25, 0.3) is 0 Å². The van der Waals surface area contributed by atoms with Gasteiger partial charge in [-0.25, -0.2) is 0 Å². The molecule has 1 aliphatic heterocycles. The van der Waals surface area contributed by atoms with E-state index in [9.17, 15) is 10.2 Å². The molecule has 0 saturated heterocycles. The van der Waals surface area contributed by atoms with Gasteiger partial charge in [0, 0.05) is 12.5 Å². The van der Waals surface area contributed by atoms with Crippen LogP contribution in [-0.2, 0) is 6.42 Å². The lowest BCUT2D eigenvalue weighted by Crippen LogP contribution is -2.20. The van der Waals surface area contributed by atoms with Crippen LogP contribution in [0, 0.1) is 0 Å². The van der Waals surface area contributed by atoms with Gasteiger partial charge >= 0.3 is 0 Å². The first-order valence-corrected chi connectivity index (χ1v) is 8.32. The molecule has 1 unspecified atom stereocenters. The lowest BCUT2D eigenvalue weighted by atomic mass is 9.87. The van der Waals surface area contributed by atoms with E-state index in [1.807, 2.05) is 24.5 Å². The summed E-state index contributed by atoms with van der Waals surface area (Å²) >= 11 is 1.49. The van der Waals surface area contributed by atoms with Crippen LogP contribution in [0.5, 0.6) is 11.5 Å². The summed E-state index contributed by atoms with van der Waals surface area (Å²) < 4.78 is 0. The van der Waals surface area contributed by atoms with E-state index in [1.54, 1.807) is 6.07 Å². The minimum atomic E-state index is -0.0269. The highest BCUT2D eigenvalue weighted by atomic mass is 79.9. The molecular weight excluding hydrogens is 362 g/mol. The molecule has 3 nitrogen and oxygen atoms in total. The second-order valence-electron chi connectivity index (χ2n) is 5.26. The van der Waals surface area contributed by atoms with E-state index in [0.717, 1.165) is 35.5 Å². The van der Waals surface area contributed by atoms with E-state index >= 15 is 0 Å². The molecule has 1 heterocycles. The van der Waals surface area contributed by atoms with E-state index in [4.69, 9.17) is 0 Å². The Bertz CT molecular complexity index is 649. The summed E-state index contributed by atoms with van der Waals surface area (Å²) in [5, 5.41) is 23.6. The lowest BCUT2D eigenvalue weighted by molar-refractivity contribution is 0.393. The van der Waals surface area contributed by atoms with Gasteiger partial charge in [-0.3, -0.25) is 0 Å². The first-order valence-electron chi connectivity index (χ1n) is 7.09. The fraction of sp³-hybridized carbons (Fsp3) is 0.294. The first kappa shape index (κ1) is 17.2. The van der Waals surface area contributed by atoms with Gasteiger partial charge in [0.25, 0.3) is 0 Å². The highest BCUT2D eigenvalue weighted by Gasteiger charge is 2.25. The van der Waals surface area contributed by atoms with Crippen molar-refractivity contribution in [2.75, 3.05) is 19.3 Å². The van der Waals surface area contributed by atoms with Crippen molar-refractivity contribution >= 4 is 28.7 Å². The monoisotopic (exact) mass is 381 g/mol. The SMILES string of the molecule is Br.CSc1c(O)c(O)cc2c1CCNCC2c1ccccc1. The Labute approximate surface area is 145 Å². The third kappa shape index (κ3) is 3.12. The Hall–Kier alpha value is -1.17. The van der Waals surface area contributed by atoms with Crippen molar-refractivity contribution in [1.29, 1.82) is 0 Å². The molecule has 0 radical (unpaired) electrons. The number of hydrogen-bond donors (Lipinski definition) is 3. The summed E-state index contributed by atoms with van der Waals surface area (Å²) in [6, 6.07) is 12.0. The zero-order valence-electron chi connectivity index (χ0n) is 12.4. The number of rotatable bonds is 2. The Balaban J connectivity index is 0.00000176. The quantitative estimate of drug-likeness (QED) is 0.548. The summed E-state index contributed by atoms with van der Waals surface area (Å²) in [5.74, 6) is 0.178. The molecule has 2 aromatic carbocycles. The van der Waals surface area contributed by atoms with Crippen LogP contribution < -0.4 is 5.32 Å². The zero-order valence-corrected chi connectivity index (χ0v) is 14.9. The molecule has 1 aliphatic rings. The number of benzene rings is 2. The molecule has 5 heteroatoms. The van der Waals surface area contributed by atoms with Gasteiger partial charge in [-0.2, -0.15) is 0 Å². The van der Waals surface area contributed by atoms with Crippen LogP contribution >= 0.6 is 28.7 Å². The van der Waals surface area contributed by atoms with Crippen molar-refractivity contribution in [2.45, 2.75) is 17.2 Å². The largest absolute Gasteiger partial charge is 0.504 e. The number of aromatic hydroxyl groups is 2. The second-order valence-corrected chi connectivity index (χ2v) is 6.08. The maximum Gasteiger partial charge on any atom is 0.171 e. The van der Waals surface area contributed by atoms with Crippen LogP contribution in [0.1, 0.15) is 22.6 Å². The predicted molar refractivity (Wildman–Crippen MR) is 96.7 cm³/mol. The lowest BCUT2D eigenvalue weighted by Gasteiger charge is -2.21. The highest BCUT2D eigenvalue weighted by Crippen LogP contribution is 2.43. The maximum absolute atomic E-state index is 10.1. The topological polar surface area (TPSA) is 52.5 Å². The van der Waals surface area contributed by atoms with Gasteiger partial charge in [0.15, 0.2) is 11.5 Å². The van der Waals surface area contributed by atoms with Gasteiger partial charge in [-0.15, -0.1) is 28.7 Å². The number of hydrogen-bond acceptors (Lipinski definition) is 4. The van der Waals surface area contributed by atoms with E-state index < -0.39 is 0 Å². The normalized spacial score (nSPS) is 17.2. The van der Waals surface area contributed by atoms with Crippen molar-refractivity contribution in [1.82, 2.24) is 5.32 Å². The molecule has 118 valence electrons. The molecule has 0 amide bonds. The Morgan fingerprint density at radius 1 is 1.18 bits per heavy atom. The summed E-state index contributed by atoms with van der Waals surface area (Å²) in [4.78, 5) is 0.801. The van der Waals surface area contributed by atoms with Gasteiger partial charge in [-0.1, -0.05) is 30.3 Å². The Morgan fingerprint density at radius 3 is 2.59 bits per heavy atom. The average molecular weight is 382 g/mol. The fourth-order valence-electron chi connectivity index (χ4n) is 3.03. The molecule has 0 aliphatic carbocycles. The molecule has 2 aromatic rings. The highest BCUT2D eigenvalue weighted by molar-refractivity contribution is 8.93. The van der Waals surface area contributed by atoms with Gasteiger partial charge in [0.05, 0.1) is 4.90 Å². The second kappa shape index (κ2) is 7.40. The molecule has 1 atom stereocenters. The molecule has 0 bridgehead atoms. The number of halogens is 1. The molecule has 3 rings (SSSR count). The molecule has 22 heavy (non-hydrogen) atoms. The predicted octanol–water partition coefficient (Wildman–Crippen LogP) is 3.68. The molecule has 0 fully saturated rings. The van der Waals surface area contributed by atoms with Crippen molar-refractivity contribution < 1.29 is 10.2 Å². The summed E-state index contributed by atoms with van der Waals surface area (Å²) in [5.41, 5.74) is 3.49. The molecule has 0 aromatic heterocycles. The van der Waals surface area contributed by atoms with Crippen molar-refractivity contribution in [2.24, 2.45) is 0 Å². The van der Waals surface area contributed by atoms with Crippen molar-refractivity contribution in [3.05, 3.63) is 53.1 Å². The van der Waals surface area contributed by atoms with Crippen LogP contribution in [0.2, 0.25) is 0 Å². The third-order valence-corrected chi connectivity index (χ3v) is 4.90. The number of phenols is 2. The molecule has 0 spiro atoms. The number of thioether (sulfide) groups is 1. The van der Waals surface area contributed by atoms with Crippen LogP contribution in [0.4, 0.5) is 0 Å². The van der Waals surface area contributed by atoms with E-state index in [-0.39, 0.29) is 34.4 Å². The molecule has 3 N–H and O–H groups in total. The number of nitrogens with one attached hydrogen (secondary N) is 1. The van der Waals surface area contributed by atoms with Crippen molar-refractivity contribution in [3.8, 4) is 11.5 Å². The maximum atomic E-state index is 10.1. The zero-order chi connectivity index (χ0) is 14.8. The minimum absolute atomic E-state index is 0. The van der Waals surface area contributed by atoms with E-state index in [1.165, 1.54) is 17.3 Å². The van der Waals surface area contributed by atoms with E-state index in [0.29, 0.717) is 0 Å². The van der Waals surface area contributed by atoms with Crippen LogP contribution in [0.15, 0.2) is 41.3 Å². The minimum Gasteiger partial charge on any atom is -0.504 e. The van der Waals surface area contributed by atoms with Gasteiger partial charge in [0.2, 0.25) is 0 Å². The Kier molecular flexibility index (Phi) is 5.78. The fourth-order valence-corrected chi connectivity index (χ4v) is 3.80. The number of phenolic OH excluding ortho intramolecular Hbond substituents is 2. The summed E-state index contributed by atoms with van der Waals surface area (Å²) in [7, 11) is 0. The molecular formula is C17H20BrNO2S. The smallest absolute Gasteiger partial charge is 0.171 e. The molecule has 0 saturated carbocycles. The van der Waals surface area contributed by atoms with Gasteiger partial charge in [0.1, 0.15) is 0 Å². The van der Waals surface area contributed by atoms with Gasteiger partial charge < -0.3 is 15.5 Å². The van der Waals surface area contributed by atoms with Crippen LogP contribution in [0.3, 0.4) is 0 Å². The first-order chi connectivity index (χ1) is 10.2. The van der Waals surface area contributed by atoms with Gasteiger partial charge in [-0.05, 0) is 42.0 Å². The summed E-state index contributed by atoms with van der Waals surface area (Å²) in [6.45, 7) is 1.73. The number of fused-ring (bicyclic) bond motifs is 1. The Morgan fingerprint density at radius 2 is 1.91 bits per heavy atom. The van der Waals surface area contributed by atoms with E-state index in [2.05, 4.69) is 17.4 Å². The van der Waals surface area contributed by atoms with Crippen molar-refractivity contribution in [3.63, 3.8) is 0 Å². The standard InChI is InChI=1S/C17H19NO2S.BrH/c1-21-17-12-7-8-18-10-14(11-5-3-2-4-6-11)13(12)9-15(19)16(17)20;/h2-6,9,14,18-20H,7-8,10H2,1H3;1H.